The molecule has 0 unspecified atom stereocenters. The van der Waals surface area contributed by atoms with Crippen LogP contribution in [-0.4, -0.2) is 39.6 Å². The maximum absolute atomic E-state index is 13.4. The van der Waals surface area contributed by atoms with Crippen LogP contribution in [0, 0.1) is 0 Å². The van der Waals surface area contributed by atoms with Crippen LogP contribution >= 0.6 is 0 Å². The summed E-state index contributed by atoms with van der Waals surface area (Å²) < 4.78 is 38.0. The fourth-order valence-electron chi connectivity index (χ4n) is 5.09. The second kappa shape index (κ2) is 8.56. The maximum atomic E-state index is 13.4. The van der Waals surface area contributed by atoms with Crippen LogP contribution in [0.4, 0.5) is 8.78 Å². The molecule has 2 aromatic carbocycles. The second-order valence-corrected chi connectivity index (χ2v) is 10.6. The Morgan fingerprint density at radius 3 is 2.50 bits per heavy atom. The summed E-state index contributed by atoms with van der Waals surface area (Å²) in [6, 6.07) is 12.6. The third-order valence-corrected chi connectivity index (χ3v) is 7.75. The summed E-state index contributed by atoms with van der Waals surface area (Å²) in [6.07, 6.45) is -2.12. The average molecular weight is 500 g/mol. The SMILES string of the molecule is CCC(C)(C)c1cc2cc(CC(=O)C3(c4ccc5c(c4)OC(F)(F)O5)CC3)ccc2n1C[C@@H](O)CO. The zero-order chi connectivity index (χ0) is 25.9. The first kappa shape index (κ1) is 24.7. The summed E-state index contributed by atoms with van der Waals surface area (Å²) in [4.78, 5) is 13.4. The number of hydrogen-bond acceptors (Lipinski definition) is 5. The molecule has 1 aliphatic heterocycles. The number of aliphatic hydroxyl groups excluding tert-OH is 2. The Hall–Kier alpha value is -2.97. The zero-order valence-electron chi connectivity index (χ0n) is 20.7. The number of halogens is 2. The minimum Gasteiger partial charge on any atom is -0.395 e. The molecule has 2 aliphatic rings. The third-order valence-electron chi connectivity index (χ3n) is 7.75. The minimum atomic E-state index is -3.69. The molecule has 8 heteroatoms. The van der Waals surface area contributed by atoms with Gasteiger partial charge >= 0.3 is 6.29 Å². The zero-order valence-corrected chi connectivity index (χ0v) is 20.7. The predicted molar refractivity (Wildman–Crippen MR) is 131 cm³/mol. The summed E-state index contributed by atoms with van der Waals surface area (Å²) >= 11 is 0. The van der Waals surface area contributed by atoms with Gasteiger partial charge < -0.3 is 24.3 Å². The topological polar surface area (TPSA) is 80.9 Å². The van der Waals surface area contributed by atoms with Crippen LogP contribution < -0.4 is 9.47 Å². The van der Waals surface area contributed by atoms with E-state index in [0.29, 0.717) is 18.4 Å². The molecule has 3 aromatic rings. The number of nitrogens with zero attached hydrogens (tertiary/aromatic N) is 1. The van der Waals surface area contributed by atoms with Crippen molar-refractivity contribution in [2.75, 3.05) is 6.61 Å². The van der Waals surface area contributed by atoms with E-state index in [-0.39, 0.29) is 42.3 Å². The van der Waals surface area contributed by atoms with Crippen molar-refractivity contribution in [2.45, 2.75) is 76.2 Å². The molecule has 1 atom stereocenters. The van der Waals surface area contributed by atoms with E-state index in [4.69, 9.17) is 0 Å². The molecule has 0 saturated heterocycles. The van der Waals surface area contributed by atoms with Gasteiger partial charge in [-0.25, -0.2) is 0 Å². The normalized spacial score (nSPS) is 18.4. The highest BCUT2D eigenvalue weighted by Gasteiger charge is 2.52. The van der Waals surface area contributed by atoms with E-state index >= 15 is 0 Å². The van der Waals surface area contributed by atoms with E-state index in [1.54, 1.807) is 6.07 Å². The second-order valence-electron chi connectivity index (χ2n) is 10.6. The smallest absolute Gasteiger partial charge is 0.395 e. The van der Waals surface area contributed by atoms with Gasteiger partial charge in [-0.05, 0) is 60.7 Å². The lowest BCUT2D eigenvalue weighted by molar-refractivity contribution is -0.286. The lowest BCUT2D eigenvalue weighted by Gasteiger charge is -2.26. The first-order valence-electron chi connectivity index (χ1n) is 12.3. The molecule has 1 aliphatic carbocycles. The molecular weight excluding hydrogens is 468 g/mol. The van der Waals surface area contributed by atoms with E-state index in [0.717, 1.165) is 28.6 Å². The van der Waals surface area contributed by atoms with Gasteiger partial charge in [-0.3, -0.25) is 4.79 Å². The molecule has 5 rings (SSSR count). The molecule has 0 bridgehead atoms. The van der Waals surface area contributed by atoms with Crippen molar-refractivity contribution >= 4 is 16.7 Å². The number of carbonyl (C=O) groups excluding carboxylic acids is 1. The molecule has 1 aromatic heterocycles. The number of ether oxygens (including phenoxy) is 2. The fourth-order valence-corrected chi connectivity index (χ4v) is 5.09. The van der Waals surface area contributed by atoms with Gasteiger partial charge in [-0.2, -0.15) is 0 Å². The Bertz CT molecular complexity index is 1320. The van der Waals surface area contributed by atoms with Crippen LogP contribution in [0.5, 0.6) is 11.5 Å². The highest BCUT2D eigenvalue weighted by molar-refractivity contribution is 5.95. The number of aromatic nitrogens is 1. The first-order valence-corrected chi connectivity index (χ1v) is 12.3. The van der Waals surface area contributed by atoms with Crippen molar-refractivity contribution in [2.24, 2.45) is 0 Å². The third kappa shape index (κ3) is 4.26. The molecule has 36 heavy (non-hydrogen) atoms. The van der Waals surface area contributed by atoms with E-state index < -0.39 is 17.8 Å². The van der Waals surface area contributed by atoms with Gasteiger partial charge in [0.1, 0.15) is 5.78 Å². The van der Waals surface area contributed by atoms with Gasteiger partial charge in [0.2, 0.25) is 0 Å². The Balaban J connectivity index is 1.42. The molecule has 192 valence electrons. The van der Waals surface area contributed by atoms with Gasteiger partial charge in [0.05, 0.1) is 24.7 Å². The number of ketones is 1. The lowest BCUT2D eigenvalue weighted by atomic mass is 9.86. The summed E-state index contributed by atoms with van der Waals surface area (Å²) in [6.45, 7) is 6.36. The predicted octanol–water partition coefficient (Wildman–Crippen LogP) is 4.85. The summed E-state index contributed by atoms with van der Waals surface area (Å²) in [5.41, 5.74) is 2.70. The van der Waals surface area contributed by atoms with Crippen LogP contribution in [-0.2, 0) is 28.6 Å². The first-order chi connectivity index (χ1) is 17.0. The minimum absolute atomic E-state index is 0.0286. The summed E-state index contributed by atoms with van der Waals surface area (Å²) in [5, 5.41) is 20.5. The van der Waals surface area contributed by atoms with Gasteiger partial charge in [-0.15, -0.1) is 8.78 Å². The number of fused-ring (bicyclic) bond motifs is 2. The quantitative estimate of drug-likeness (QED) is 0.440. The number of benzene rings is 2. The van der Waals surface area contributed by atoms with Crippen molar-refractivity contribution in [3.05, 3.63) is 59.3 Å². The number of carbonyl (C=O) groups is 1. The highest BCUT2D eigenvalue weighted by Crippen LogP contribution is 2.52. The molecule has 6 nitrogen and oxygen atoms in total. The lowest BCUT2D eigenvalue weighted by Crippen LogP contribution is -2.26. The van der Waals surface area contributed by atoms with Crippen molar-refractivity contribution in [3.63, 3.8) is 0 Å². The van der Waals surface area contributed by atoms with Gasteiger partial charge in [0.15, 0.2) is 11.5 Å². The van der Waals surface area contributed by atoms with Crippen molar-refractivity contribution < 1.29 is 33.3 Å². The Morgan fingerprint density at radius 2 is 1.83 bits per heavy atom. The summed E-state index contributed by atoms with van der Waals surface area (Å²) in [7, 11) is 0. The van der Waals surface area contributed by atoms with Crippen molar-refractivity contribution in [1.29, 1.82) is 0 Å². The maximum Gasteiger partial charge on any atom is 0.586 e. The molecular formula is C28H31F2NO5. The molecule has 0 radical (unpaired) electrons. The molecule has 1 saturated carbocycles. The standard InChI is InChI=1S/C28H31F2NO5/c1-4-26(2,3)24-13-18-11-17(5-7-21(18)31(24)15-20(33)16-32)12-25(34)27(9-10-27)19-6-8-22-23(14-19)36-28(29,30)35-22/h5-8,11,13-14,20,32-33H,4,9-10,12,15-16H2,1-3H3/t20-/m1/s1. The highest BCUT2D eigenvalue weighted by atomic mass is 19.3. The van der Waals surface area contributed by atoms with Crippen molar-refractivity contribution in [1.82, 2.24) is 4.57 Å². The van der Waals surface area contributed by atoms with E-state index in [9.17, 15) is 23.8 Å². The fraction of sp³-hybridized carbons (Fsp3) is 0.464. The van der Waals surface area contributed by atoms with Crippen LogP contribution in [0.25, 0.3) is 10.9 Å². The Kier molecular flexibility index (Phi) is 5.87. The number of hydrogen-bond donors (Lipinski definition) is 2. The molecule has 2 heterocycles. The Labute approximate surface area is 208 Å². The molecule has 2 N–H and O–H groups in total. The number of aliphatic hydroxyl groups is 2. The monoisotopic (exact) mass is 499 g/mol. The average Bonchev–Trinajstić information content (AvgIpc) is 3.48. The largest absolute Gasteiger partial charge is 0.586 e. The van der Waals surface area contributed by atoms with Gasteiger partial charge in [0.25, 0.3) is 0 Å². The van der Waals surface area contributed by atoms with E-state index in [1.807, 2.05) is 18.2 Å². The van der Waals surface area contributed by atoms with Crippen molar-refractivity contribution in [3.8, 4) is 11.5 Å². The molecule has 0 amide bonds. The number of alkyl halides is 2. The summed E-state index contributed by atoms with van der Waals surface area (Å²) in [5.74, 6) is -0.0359. The van der Waals surface area contributed by atoms with Gasteiger partial charge in [-0.1, -0.05) is 32.9 Å². The molecule has 0 spiro atoms. The van der Waals surface area contributed by atoms with Crippen LogP contribution in [0.1, 0.15) is 56.9 Å². The van der Waals surface area contributed by atoms with E-state index in [2.05, 4.69) is 40.9 Å². The van der Waals surface area contributed by atoms with Crippen LogP contribution in [0.3, 0.4) is 0 Å². The van der Waals surface area contributed by atoms with Crippen LogP contribution in [0.15, 0.2) is 42.5 Å². The Morgan fingerprint density at radius 1 is 1.11 bits per heavy atom. The van der Waals surface area contributed by atoms with E-state index in [1.165, 1.54) is 12.1 Å². The van der Waals surface area contributed by atoms with Gasteiger partial charge in [0, 0.05) is 28.4 Å². The molecule has 1 fully saturated rings. The van der Waals surface area contributed by atoms with Crippen LogP contribution in [0.2, 0.25) is 0 Å². The number of rotatable bonds is 9. The number of Topliss-reactive ketones (excluding diaryl/α,β-unsaturated/α-hetero) is 1.